The molecular formula is C14H23N3O2S. The fraction of sp³-hybridized carbons (Fsp3) is 0.786. The van der Waals surface area contributed by atoms with E-state index in [0.29, 0.717) is 19.5 Å². The number of urea groups is 1. The first-order valence-electron chi connectivity index (χ1n) is 7.12. The minimum Gasteiger partial charge on any atom is -0.379 e. The third-order valence-corrected chi connectivity index (χ3v) is 5.13. The Labute approximate surface area is 125 Å². The molecule has 2 saturated heterocycles. The van der Waals surface area contributed by atoms with Gasteiger partial charge in [0.1, 0.15) is 0 Å². The predicted molar refractivity (Wildman–Crippen MR) is 81.9 cm³/mol. The SMILES string of the molecule is C#CCCNC(=O)NCC1(N2CCOCC2)CCSC1. The van der Waals surface area contributed by atoms with E-state index in [1.54, 1.807) is 0 Å². The van der Waals surface area contributed by atoms with E-state index in [-0.39, 0.29) is 11.6 Å². The Bertz CT molecular complexity index is 358. The zero-order valence-electron chi connectivity index (χ0n) is 11.8. The zero-order chi connectivity index (χ0) is 14.3. The largest absolute Gasteiger partial charge is 0.379 e. The average molecular weight is 297 g/mol. The highest BCUT2D eigenvalue weighted by atomic mass is 32.2. The van der Waals surface area contributed by atoms with Gasteiger partial charge in [-0.2, -0.15) is 11.8 Å². The molecule has 2 rings (SSSR count). The van der Waals surface area contributed by atoms with E-state index < -0.39 is 0 Å². The molecule has 20 heavy (non-hydrogen) atoms. The number of terminal acetylenes is 1. The number of rotatable bonds is 5. The van der Waals surface area contributed by atoms with Crippen LogP contribution in [0.1, 0.15) is 12.8 Å². The normalized spacial score (nSPS) is 26.9. The molecule has 0 aromatic heterocycles. The van der Waals surface area contributed by atoms with Gasteiger partial charge in [0.05, 0.1) is 13.2 Å². The van der Waals surface area contributed by atoms with Crippen LogP contribution in [0, 0.1) is 12.3 Å². The molecule has 2 N–H and O–H groups in total. The number of hydrogen-bond donors (Lipinski definition) is 2. The molecule has 0 saturated carbocycles. The fourth-order valence-corrected chi connectivity index (χ4v) is 4.17. The van der Waals surface area contributed by atoms with Crippen LogP contribution in [0.25, 0.3) is 0 Å². The molecule has 2 amide bonds. The lowest BCUT2D eigenvalue weighted by molar-refractivity contribution is -0.0124. The lowest BCUT2D eigenvalue weighted by atomic mass is 9.95. The number of nitrogens with zero attached hydrogens (tertiary/aromatic N) is 1. The highest BCUT2D eigenvalue weighted by Gasteiger charge is 2.40. The molecule has 0 aliphatic carbocycles. The second-order valence-corrected chi connectivity index (χ2v) is 6.30. The van der Waals surface area contributed by atoms with Gasteiger partial charge >= 0.3 is 6.03 Å². The number of carbonyl (C=O) groups excluding carboxylic acids is 1. The third-order valence-electron chi connectivity index (χ3n) is 3.90. The average Bonchev–Trinajstić information content (AvgIpc) is 2.97. The van der Waals surface area contributed by atoms with E-state index in [9.17, 15) is 4.79 Å². The van der Waals surface area contributed by atoms with Gasteiger partial charge < -0.3 is 15.4 Å². The van der Waals surface area contributed by atoms with Crippen LogP contribution in [0.2, 0.25) is 0 Å². The fourth-order valence-electron chi connectivity index (χ4n) is 2.69. The first-order chi connectivity index (χ1) is 9.77. The maximum absolute atomic E-state index is 11.8. The van der Waals surface area contributed by atoms with E-state index in [1.807, 2.05) is 11.8 Å². The van der Waals surface area contributed by atoms with Crippen LogP contribution in [-0.2, 0) is 4.74 Å². The van der Waals surface area contributed by atoms with Crippen molar-refractivity contribution in [2.24, 2.45) is 0 Å². The van der Waals surface area contributed by atoms with Gasteiger partial charge in [0, 0.05) is 43.9 Å². The highest BCUT2D eigenvalue weighted by Crippen LogP contribution is 2.33. The standard InChI is InChI=1S/C14H23N3O2S/c1-2-3-5-15-13(18)16-11-14(4-10-20-12-14)17-6-8-19-9-7-17/h1H,3-12H2,(H2,15,16,18). The minimum atomic E-state index is -0.121. The molecular weight excluding hydrogens is 274 g/mol. The van der Waals surface area contributed by atoms with E-state index in [1.165, 1.54) is 0 Å². The van der Waals surface area contributed by atoms with Crippen LogP contribution in [-0.4, -0.2) is 67.4 Å². The molecule has 0 aromatic carbocycles. The molecule has 6 heteroatoms. The van der Waals surface area contributed by atoms with Gasteiger partial charge in [-0.25, -0.2) is 4.79 Å². The molecule has 0 radical (unpaired) electrons. The third kappa shape index (κ3) is 4.05. The van der Waals surface area contributed by atoms with Gasteiger partial charge in [-0.3, -0.25) is 4.90 Å². The van der Waals surface area contributed by atoms with Crippen molar-refractivity contribution >= 4 is 17.8 Å². The zero-order valence-corrected chi connectivity index (χ0v) is 12.6. The maximum Gasteiger partial charge on any atom is 0.314 e. The summed E-state index contributed by atoms with van der Waals surface area (Å²) in [4.78, 5) is 14.2. The number of amides is 2. The molecule has 1 atom stereocenters. The number of thioether (sulfide) groups is 1. The van der Waals surface area contributed by atoms with E-state index >= 15 is 0 Å². The second kappa shape index (κ2) is 7.77. The van der Waals surface area contributed by atoms with E-state index in [0.717, 1.165) is 44.2 Å². The van der Waals surface area contributed by atoms with Crippen LogP contribution < -0.4 is 10.6 Å². The van der Waals surface area contributed by atoms with Gasteiger partial charge in [-0.15, -0.1) is 12.3 Å². The van der Waals surface area contributed by atoms with Crippen LogP contribution >= 0.6 is 11.8 Å². The monoisotopic (exact) mass is 297 g/mol. The smallest absolute Gasteiger partial charge is 0.314 e. The minimum absolute atomic E-state index is 0.0951. The number of ether oxygens (including phenoxy) is 1. The van der Waals surface area contributed by atoms with Crippen molar-refractivity contribution in [1.82, 2.24) is 15.5 Å². The molecule has 2 fully saturated rings. The summed E-state index contributed by atoms with van der Waals surface area (Å²) in [5.41, 5.74) is 0.0951. The van der Waals surface area contributed by atoms with Gasteiger partial charge in [-0.05, 0) is 12.2 Å². The molecule has 0 spiro atoms. The van der Waals surface area contributed by atoms with Gasteiger partial charge in [0.25, 0.3) is 0 Å². The van der Waals surface area contributed by atoms with Crippen LogP contribution in [0.4, 0.5) is 4.79 Å². The molecule has 112 valence electrons. The molecule has 2 aliphatic rings. The first-order valence-corrected chi connectivity index (χ1v) is 8.28. The van der Waals surface area contributed by atoms with Gasteiger partial charge in [0.15, 0.2) is 0 Å². The molecule has 1 unspecified atom stereocenters. The summed E-state index contributed by atoms with van der Waals surface area (Å²) >= 11 is 1.97. The number of carbonyl (C=O) groups is 1. The Hall–Kier alpha value is -0.900. The number of morpholine rings is 1. The summed E-state index contributed by atoms with van der Waals surface area (Å²) < 4.78 is 5.43. The summed E-state index contributed by atoms with van der Waals surface area (Å²) in [6.45, 7) is 4.73. The van der Waals surface area contributed by atoms with Crippen LogP contribution in [0.5, 0.6) is 0 Å². The van der Waals surface area contributed by atoms with Crippen LogP contribution in [0.15, 0.2) is 0 Å². The Morgan fingerprint density at radius 2 is 2.20 bits per heavy atom. The Morgan fingerprint density at radius 3 is 2.85 bits per heavy atom. The van der Waals surface area contributed by atoms with Crippen molar-refractivity contribution in [2.75, 3.05) is 50.9 Å². The number of hydrogen-bond acceptors (Lipinski definition) is 4. The van der Waals surface area contributed by atoms with Gasteiger partial charge in [0.2, 0.25) is 0 Å². The summed E-state index contributed by atoms with van der Waals surface area (Å²) in [5, 5.41) is 5.79. The van der Waals surface area contributed by atoms with Crippen molar-refractivity contribution in [2.45, 2.75) is 18.4 Å². The van der Waals surface area contributed by atoms with Crippen molar-refractivity contribution in [3.8, 4) is 12.3 Å². The molecule has 5 nitrogen and oxygen atoms in total. The molecule has 2 aliphatic heterocycles. The summed E-state index contributed by atoms with van der Waals surface area (Å²) in [7, 11) is 0. The maximum atomic E-state index is 11.8. The summed E-state index contributed by atoms with van der Waals surface area (Å²) in [5.74, 6) is 4.76. The second-order valence-electron chi connectivity index (χ2n) is 5.19. The Morgan fingerprint density at radius 1 is 1.40 bits per heavy atom. The molecule has 0 bridgehead atoms. The highest BCUT2D eigenvalue weighted by molar-refractivity contribution is 7.99. The quantitative estimate of drug-likeness (QED) is 0.574. The lowest BCUT2D eigenvalue weighted by Gasteiger charge is -2.43. The number of nitrogens with one attached hydrogen (secondary N) is 2. The Balaban J connectivity index is 1.83. The Kier molecular flexibility index (Phi) is 6.02. The van der Waals surface area contributed by atoms with Crippen LogP contribution in [0.3, 0.4) is 0 Å². The van der Waals surface area contributed by atoms with E-state index in [4.69, 9.17) is 11.2 Å². The predicted octanol–water partition coefficient (Wildman–Crippen LogP) is 0.517. The summed E-state index contributed by atoms with van der Waals surface area (Å²) in [6.07, 6.45) is 6.86. The topological polar surface area (TPSA) is 53.6 Å². The molecule has 0 aromatic rings. The van der Waals surface area contributed by atoms with Crippen molar-refractivity contribution < 1.29 is 9.53 Å². The van der Waals surface area contributed by atoms with E-state index in [2.05, 4.69) is 21.5 Å². The van der Waals surface area contributed by atoms with Crippen molar-refractivity contribution in [1.29, 1.82) is 0 Å². The lowest BCUT2D eigenvalue weighted by Crippen LogP contribution is -2.59. The first kappa shape index (κ1) is 15.5. The van der Waals surface area contributed by atoms with Gasteiger partial charge in [-0.1, -0.05) is 0 Å². The molecule has 2 heterocycles. The van der Waals surface area contributed by atoms with Crippen molar-refractivity contribution in [3.63, 3.8) is 0 Å². The summed E-state index contributed by atoms with van der Waals surface area (Å²) in [6, 6.07) is -0.121. The van der Waals surface area contributed by atoms with Crippen molar-refractivity contribution in [3.05, 3.63) is 0 Å².